The van der Waals surface area contributed by atoms with Gasteiger partial charge in [-0.05, 0) is 61.8 Å². The summed E-state index contributed by atoms with van der Waals surface area (Å²) in [6.45, 7) is 2.37. The number of thiocarbonyl (C=S) groups is 1. The zero-order valence-electron chi connectivity index (χ0n) is 21.9. The molecule has 1 atom stereocenters. The first-order chi connectivity index (χ1) is 19.3. The van der Waals surface area contributed by atoms with Gasteiger partial charge in [-0.3, -0.25) is 14.9 Å². The van der Waals surface area contributed by atoms with E-state index in [-0.39, 0.29) is 18.3 Å². The van der Waals surface area contributed by atoms with Crippen molar-refractivity contribution in [1.29, 1.82) is 0 Å². The van der Waals surface area contributed by atoms with E-state index in [1.165, 1.54) is 29.4 Å². The number of rotatable bonds is 10. The Hall–Kier alpha value is -3.87. The van der Waals surface area contributed by atoms with E-state index in [9.17, 15) is 14.3 Å². The molecule has 0 radical (unpaired) electrons. The number of anilines is 1. The standard InChI is InChI=1S/C28H28FN5O4S2/c1-16(34(28(35)36)11-12-37-2)17-3-7-21(31-15-17)25-14-22-26(40-25)24(9-10-30-22)38-23-8-6-19(13-20(23)29)33-27(39)32-18-4-5-18/h3,6-10,13-16,18H,4-5,11-12H2,1-2H3,(H,35,36)(H2,32,33,39). The number of pyridine rings is 2. The van der Waals surface area contributed by atoms with Gasteiger partial charge in [0.2, 0.25) is 0 Å². The molecule has 0 bridgehead atoms. The van der Waals surface area contributed by atoms with E-state index in [1.807, 2.05) is 25.1 Å². The highest BCUT2D eigenvalue weighted by Crippen LogP contribution is 2.39. The lowest BCUT2D eigenvalue weighted by molar-refractivity contribution is 0.101. The summed E-state index contributed by atoms with van der Waals surface area (Å²) in [7, 11) is 1.53. The van der Waals surface area contributed by atoms with Gasteiger partial charge in [-0.15, -0.1) is 11.3 Å². The molecule has 208 valence electrons. The SMILES string of the molecule is COCCN(C(=O)O)C(C)c1ccc(-c2cc3nccc(Oc4ccc(NC(=S)NC5CC5)cc4F)c3s2)nc1. The number of thiophene rings is 1. The van der Waals surface area contributed by atoms with Gasteiger partial charge in [0.15, 0.2) is 16.7 Å². The van der Waals surface area contributed by atoms with E-state index in [0.29, 0.717) is 40.4 Å². The molecule has 1 unspecified atom stereocenters. The van der Waals surface area contributed by atoms with E-state index >= 15 is 0 Å². The summed E-state index contributed by atoms with van der Waals surface area (Å²) in [5, 5.41) is 16.2. The monoisotopic (exact) mass is 581 g/mol. The summed E-state index contributed by atoms with van der Waals surface area (Å²) in [4.78, 5) is 22.9. The van der Waals surface area contributed by atoms with Gasteiger partial charge in [-0.2, -0.15) is 0 Å². The molecule has 1 aliphatic rings. The summed E-state index contributed by atoms with van der Waals surface area (Å²) in [5.74, 6) is 0.0440. The third-order valence-corrected chi connectivity index (χ3v) is 7.85. The molecule has 3 N–H and O–H groups in total. The topological polar surface area (TPSA) is 109 Å². The zero-order chi connectivity index (χ0) is 28.2. The molecule has 3 aromatic heterocycles. The van der Waals surface area contributed by atoms with Gasteiger partial charge >= 0.3 is 6.09 Å². The number of aromatic nitrogens is 2. The van der Waals surface area contributed by atoms with Gasteiger partial charge < -0.3 is 25.2 Å². The van der Waals surface area contributed by atoms with Crippen LogP contribution in [0.25, 0.3) is 20.8 Å². The summed E-state index contributed by atoms with van der Waals surface area (Å²) in [5.41, 5.74) is 2.71. The number of nitrogens with zero attached hydrogens (tertiary/aromatic N) is 3. The quantitative estimate of drug-likeness (QED) is 0.183. The van der Waals surface area contributed by atoms with Crippen LogP contribution < -0.4 is 15.4 Å². The molecule has 0 saturated heterocycles. The third-order valence-electron chi connectivity index (χ3n) is 6.47. The van der Waals surface area contributed by atoms with Crippen LogP contribution in [0.1, 0.15) is 31.4 Å². The van der Waals surface area contributed by atoms with Crippen molar-refractivity contribution in [2.24, 2.45) is 0 Å². The molecule has 9 nitrogen and oxygen atoms in total. The van der Waals surface area contributed by atoms with Crippen LogP contribution in [-0.4, -0.2) is 57.5 Å². The fourth-order valence-electron chi connectivity index (χ4n) is 4.10. The Balaban J connectivity index is 1.32. The van der Waals surface area contributed by atoms with E-state index in [1.54, 1.807) is 30.6 Å². The van der Waals surface area contributed by atoms with Crippen LogP contribution in [0.5, 0.6) is 11.5 Å². The predicted octanol–water partition coefficient (Wildman–Crippen LogP) is 6.43. The van der Waals surface area contributed by atoms with E-state index < -0.39 is 11.9 Å². The maximum Gasteiger partial charge on any atom is 0.407 e. The molecule has 1 aromatic carbocycles. The molecular weight excluding hydrogens is 553 g/mol. The number of methoxy groups -OCH3 is 1. The second-order valence-corrected chi connectivity index (χ2v) is 10.8. The Bertz CT molecular complexity index is 1530. The maximum absolute atomic E-state index is 14.9. The number of halogens is 1. The number of amides is 1. The molecular formula is C28H28FN5O4S2. The average molecular weight is 582 g/mol. The highest BCUT2D eigenvalue weighted by Gasteiger charge is 2.23. The minimum absolute atomic E-state index is 0.0852. The Kier molecular flexibility index (Phi) is 8.38. The largest absolute Gasteiger partial charge is 0.465 e. The van der Waals surface area contributed by atoms with E-state index in [2.05, 4.69) is 20.6 Å². The van der Waals surface area contributed by atoms with E-state index in [4.69, 9.17) is 21.7 Å². The van der Waals surface area contributed by atoms with Crippen molar-refractivity contribution in [2.45, 2.75) is 31.8 Å². The van der Waals surface area contributed by atoms with Crippen LogP contribution >= 0.6 is 23.6 Å². The van der Waals surface area contributed by atoms with Crippen molar-refractivity contribution in [1.82, 2.24) is 20.2 Å². The number of fused-ring (bicyclic) bond motifs is 1. The smallest absolute Gasteiger partial charge is 0.407 e. The summed E-state index contributed by atoms with van der Waals surface area (Å²) in [6, 6.07) is 11.9. The van der Waals surface area contributed by atoms with Crippen molar-refractivity contribution in [3.05, 3.63) is 66.2 Å². The Morgan fingerprint density at radius 1 is 1.23 bits per heavy atom. The summed E-state index contributed by atoms with van der Waals surface area (Å²) in [6.07, 6.45) is 4.45. The molecule has 40 heavy (non-hydrogen) atoms. The lowest BCUT2D eigenvalue weighted by Crippen LogP contribution is -2.35. The Labute approximate surface area is 240 Å². The predicted molar refractivity (Wildman–Crippen MR) is 157 cm³/mol. The lowest BCUT2D eigenvalue weighted by atomic mass is 10.1. The molecule has 1 saturated carbocycles. The Morgan fingerprint density at radius 3 is 2.73 bits per heavy atom. The minimum atomic E-state index is -1.02. The molecule has 1 amide bonds. The fourth-order valence-corrected chi connectivity index (χ4v) is 5.43. The maximum atomic E-state index is 14.9. The first kappa shape index (κ1) is 27.7. The van der Waals surface area contributed by atoms with Crippen LogP contribution in [-0.2, 0) is 4.74 Å². The molecule has 1 aliphatic carbocycles. The van der Waals surface area contributed by atoms with Crippen molar-refractivity contribution in [3.63, 3.8) is 0 Å². The van der Waals surface area contributed by atoms with Crippen LogP contribution in [0, 0.1) is 5.82 Å². The second-order valence-electron chi connectivity index (χ2n) is 9.38. The highest BCUT2D eigenvalue weighted by molar-refractivity contribution is 7.80. The molecule has 0 spiro atoms. The summed E-state index contributed by atoms with van der Waals surface area (Å²) >= 11 is 6.70. The number of nitrogens with one attached hydrogen (secondary N) is 2. The molecule has 3 heterocycles. The number of ether oxygens (including phenoxy) is 2. The van der Waals surface area contributed by atoms with Gasteiger partial charge in [0.05, 0.1) is 33.4 Å². The van der Waals surface area contributed by atoms with Crippen LogP contribution in [0.2, 0.25) is 0 Å². The zero-order valence-corrected chi connectivity index (χ0v) is 23.5. The van der Waals surface area contributed by atoms with Gasteiger partial charge in [-0.25, -0.2) is 9.18 Å². The summed E-state index contributed by atoms with van der Waals surface area (Å²) < 4.78 is 26.7. The molecule has 12 heteroatoms. The lowest BCUT2D eigenvalue weighted by Gasteiger charge is -2.26. The normalized spacial score (nSPS) is 13.6. The second kappa shape index (κ2) is 12.1. The first-order valence-corrected chi connectivity index (χ1v) is 13.9. The van der Waals surface area contributed by atoms with Gasteiger partial charge in [-0.1, -0.05) is 6.07 Å². The number of carbonyl (C=O) groups is 1. The number of hydrogen-bond donors (Lipinski definition) is 3. The Morgan fingerprint density at radius 2 is 2.05 bits per heavy atom. The third kappa shape index (κ3) is 6.46. The number of carboxylic acid groups (broad SMARTS) is 1. The molecule has 5 rings (SSSR count). The van der Waals surface area contributed by atoms with Crippen molar-refractivity contribution in [3.8, 4) is 22.1 Å². The fraction of sp³-hybridized carbons (Fsp3) is 0.286. The highest BCUT2D eigenvalue weighted by atomic mass is 32.1. The van der Waals surface area contributed by atoms with Gasteiger partial charge in [0.1, 0.15) is 5.75 Å². The molecule has 1 fully saturated rings. The van der Waals surface area contributed by atoms with E-state index in [0.717, 1.165) is 28.0 Å². The number of benzene rings is 1. The van der Waals surface area contributed by atoms with Crippen molar-refractivity contribution < 1.29 is 23.8 Å². The minimum Gasteiger partial charge on any atom is -0.465 e. The average Bonchev–Trinajstić information content (AvgIpc) is 3.63. The van der Waals surface area contributed by atoms with Gasteiger partial charge in [0, 0.05) is 49.9 Å². The van der Waals surface area contributed by atoms with Gasteiger partial charge in [0.25, 0.3) is 0 Å². The van der Waals surface area contributed by atoms with Crippen molar-refractivity contribution in [2.75, 3.05) is 25.6 Å². The molecule has 4 aromatic rings. The first-order valence-electron chi connectivity index (χ1n) is 12.7. The van der Waals surface area contributed by atoms with Crippen LogP contribution in [0.15, 0.2) is 54.9 Å². The van der Waals surface area contributed by atoms with Crippen LogP contribution in [0.3, 0.4) is 0 Å². The van der Waals surface area contributed by atoms with Crippen molar-refractivity contribution >= 4 is 50.7 Å². The molecule has 0 aliphatic heterocycles. The number of hydrogen-bond acceptors (Lipinski definition) is 7. The van der Waals surface area contributed by atoms with Crippen LogP contribution in [0.4, 0.5) is 14.9 Å².